The van der Waals surface area contributed by atoms with E-state index in [1.165, 1.54) is 6.08 Å². The number of amides is 1. The van der Waals surface area contributed by atoms with E-state index in [0.29, 0.717) is 5.82 Å². The summed E-state index contributed by atoms with van der Waals surface area (Å²) in [6.07, 6.45) is 4.88. The fraction of sp³-hybridized carbons (Fsp3) is 0.214. The SMILES string of the molecule is CC(NC(=O)C=Cc1cccc(Br)c1)c1nncn1C. The second-order valence-corrected chi connectivity index (χ2v) is 5.33. The number of halogens is 1. The molecule has 104 valence electrons. The number of aryl methyl sites for hydroxylation is 1. The molecule has 0 saturated carbocycles. The third-order valence-electron chi connectivity index (χ3n) is 2.77. The lowest BCUT2D eigenvalue weighted by Crippen LogP contribution is -2.26. The van der Waals surface area contributed by atoms with Gasteiger partial charge in [-0.15, -0.1) is 10.2 Å². The second kappa shape index (κ2) is 6.47. The van der Waals surface area contributed by atoms with Crippen molar-refractivity contribution < 1.29 is 4.79 Å². The number of carbonyl (C=O) groups is 1. The summed E-state index contributed by atoms with van der Waals surface area (Å²) in [6, 6.07) is 7.54. The molecule has 1 N–H and O–H groups in total. The minimum absolute atomic E-state index is 0.166. The van der Waals surface area contributed by atoms with Crippen LogP contribution < -0.4 is 5.32 Å². The number of hydrogen-bond donors (Lipinski definition) is 1. The van der Waals surface area contributed by atoms with E-state index in [9.17, 15) is 4.79 Å². The molecule has 0 saturated heterocycles. The van der Waals surface area contributed by atoms with Gasteiger partial charge in [0.1, 0.15) is 6.33 Å². The molecule has 1 aromatic carbocycles. The number of nitrogens with zero attached hydrogens (tertiary/aromatic N) is 3. The van der Waals surface area contributed by atoms with Gasteiger partial charge in [0.15, 0.2) is 5.82 Å². The summed E-state index contributed by atoms with van der Waals surface area (Å²) in [5, 5.41) is 10.6. The molecule has 1 amide bonds. The van der Waals surface area contributed by atoms with Crippen LogP contribution in [0.15, 0.2) is 41.1 Å². The minimum Gasteiger partial charge on any atom is -0.343 e. The van der Waals surface area contributed by atoms with Crippen molar-refractivity contribution in [1.82, 2.24) is 20.1 Å². The van der Waals surface area contributed by atoms with Crippen molar-refractivity contribution in [2.45, 2.75) is 13.0 Å². The average molecular weight is 335 g/mol. The third-order valence-corrected chi connectivity index (χ3v) is 3.26. The summed E-state index contributed by atoms with van der Waals surface area (Å²) >= 11 is 3.39. The van der Waals surface area contributed by atoms with Gasteiger partial charge >= 0.3 is 0 Å². The molecule has 0 aliphatic heterocycles. The summed E-state index contributed by atoms with van der Waals surface area (Å²) in [4.78, 5) is 11.9. The van der Waals surface area contributed by atoms with Gasteiger partial charge in [-0.25, -0.2) is 0 Å². The zero-order valence-corrected chi connectivity index (χ0v) is 12.8. The van der Waals surface area contributed by atoms with Crippen LogP contribution in [0.3, 0.4) is 0 Å². The predicted molar refractivity (Wildman–Crippen MR) is 80.7 cm³/mol. The topological polar surface area (TPSA) is 59.8 Å². The Kier molecular flexibility index (Phi) is 4.68. The molecule has 0 aliphatic carbocycles. The van der Waals surface area contributed by atoms with Gasteiger partial charge in [-0.1, -0.05) is 28.1 Å². The molecule has 2 aromatic rings. The van der Waals surface area contributed by atoms with E-state index in [1.54, 1.807) is 17.0 Å². The molecule has 0 fully saturated rings. The summed E-state index contributed by atoms with van der Waals surface area (Å²) in [7, 11) is 1.84. The molecule has 6 heteroatoms. The van der Waals surface area contributed by atoms with Crippen LogP contribution in [-0.4, -0.2) is 20.7 Å². The van der Waals surface area contributed by atoms with E-state index < -0.39 is 0 Å². The van der Waals surface area contributed by atoms with Gasteiger partial charge in [-0.3, -0.25) is 4.79 Å². The maximum absolute atomic E-state index is 11.9. The van der Waals surface area contributed by atoms with E-state index in [-0.39, 0.29) is 11.9 Å². The van der Waals surface area contributed by atoms with E-state index in [1.807, 2.05) is 38.2 Å². The highest BCUT2D eigenvalue weighted by molar-refractivity contribution is 9.10. The molecule has 20 heavy (non-hydrogen) atoms. The zero-order valence-electron chi connectivity index (χ0n) is 11.2. The van der Waals surface area contributed by atoms with E-state index in [4.69, 9.17) is 0 Å². The van der Waals surface area contributed by atoms with Crippen LogP contribution in [0.2, 0.25) is 0 Å². The molecule has 0 aliphatic rings. The number of carbonyl (C=O) groups excluding carboxylic acids is 1. The molecule has 1 aromatic heterocycles. The normalized spacial score (nSPS) is 12.6. The maximum atomic E-state index is 11.9. The van der Waals surface area contributed by atoms with Gasteiger partial charge in [0.05, 0.1) is 6.04 Å². The smallest absolute Gasteiger partial charge is 0.244 e. The Hall–Kier alpha value is -1.95. The average Bonchev–Trinajstić information content (AvgIpc) is 2.83. The van der Waals surface area contributed by atoms with E-state index in [2.05, 4.69) is 31.4 Å². The Morgan fingerprint density at radius 2 is 2.30 bits per heavy atom. The van der Waals surface area contributed by atoms with Gasteiger partial charge in [0.2, 0.25) is 5.91 Å². The quantitative estimate of drug-likeness (QED) is 0.874. The van der Waals surface area contributed by atoms with Crippen LogP contribution >= 0.6 is 15.9 Å². The summed E-state index contributed by atoms with van der Waals surface area (Å²) in [5.41, 5.74) is 0.959. The van der Waals surface area contributed by atoms with Crippen molar-refractivity contribution in [3.05, 3.63) is 52.5 Å². The molecule has 1 atom stereocenters. The summed E-state index contributed by atoms with van der Waals surface area (Å²) in [5.74, 6) is 0.551. The van der Waals surface area contributed by atoms with Gasteiger partial charge < -0.3 is 9.88 Å². The van der Waals surface area contributed by atoms with Crippen LogP contribution in [0.1, 0.15) is 24.4 Å². The Balaban J connectivity index is 1.97. The fourth-order valence-electron chi connectivity index (χ4n) is 1.79. The van der Waals surface area contributed by atoms with Crippen molar-refractivity contribution in [1.29, 1.82) is 0 Å². The van der Waals surface area contributed by atoms with Gasteiger partial charge in [0.25, 0.3) is 0 Å². The van der Waals surface area contributed by atoms with Crippen LogP contribution in [0.4, 0.5) is 0 Å². The number of benzene rings is 1. The maximum Gasteiger partial charge on any atom is 0.244 e. The van der Waals surface area contributed by atoms with Crippen LogP contribution in [-0.2, 0) is 11.8 Å². The predicted octanol–water partition coefficient (Wildman–Crippen LogP) is 2.47. The Bertz CT molecular complexity index is 636. The largest absolute Gasteiger partial charge is 0.343 e. The zero-order chi connectivity index (χ0) is 14.5. The molecular formula is C14H15BrN4O. The van der Waals surface area contributed by atoms with Gasteiger partial charge in [-0.2, -0.15) is 0 Å². The molecule has 0 radical (unpaired) electrons. The summed E-state index contributed by atoms with van der Waals surface area (Å²) in [6.45, 7) is 1.87. The lowest BCUT2D eigenvalue weighted by Gasteiger charge is -2.11. The number of aromatic nitrogens is 3. The minimum atomic E-state index is -0.192. The number of rotatable bonds is 4. The van der Waals surface area contributed by atoms with E-state index in [0.717, 1.165) is 10.0 Å². The molecule has 1 unspecified atom stereocenters. The van der Waals surface area contributed by atoms with Gasteiger partial charge in [-0.05, 0) is 30.7 Å². The van der Waals surface area contributed by atoms with Gasteiger partial charge in [0, 0.05) is 17.6 Å². The standard InChI is InChI=1S/C14H15BrN4O/c1-10(14-18-16-9-19(14)2)17-13(20)7-6-11-4-3-5-12(15)8-11/h3-10H,1-2H3,(H,17,20). The molecule has 0 bridgehead atoms. The highest BCUT2D eigenvalue weighted by Gasteiger charge is 2.12. The number of hydrogen-bond acceptors (Lipinski definition) is 3. The van der Waals surface area contributed by atoms with Crippen molar-refractivity contribution in [2.24, 2.45) is 7.05 Å². The first kappa shape index (κ1) is 14.5. The molecule has 0 spiro atoms. The lowest BCUT2D eigenvalue weighted by molar-refractivity contribution is -0.117. The second-order valence-electron chi connectivity index (χ2n) is 4.42. The highest BCUT2D eigenvalue weighted by atomic mass is 79.9. The molecule has 5 nitrogen and oxygen atoms in total. The van der Waals surface area contributed by atoms with Crippen molar-refractivity contribution in [2.75, 3.05) is 0 Å². The highest BCUT2D eigenvalue weighted by Crippen LogP contribution is 2.13. The monoisotopic (exact) mass is 334 g/mol. The van der Waals surface area contributed by atoms with Crippen molar-refractivity contribution in [3.8, 4) is 0 Å². The Morgan fingerprint density at radius 1 is 1.50 bits per heavy atom. The van der Waals surface area contributed by atoms with Crippen LogP contribution in [0.5, 0.6) is 0 Å². The first-order chi connectivity index (χ1) is 9.56. The van der Waals surface area contributed by atoms with Crippen LogP contribution in [0, 0.1) is 0 Å². The third kappa shape index (κ3) is 3.77. The molecular weight excluding hydrogens is 320 g/mol. The van der Waals surface area contributed by atoms with Crippen molar-refractivity contribution >= 4 is 27.9 Å². The summed E-state index contributed by atoms with van der Waals surface area (Å²) < 4.78 is 2.76. The van der Waals surface area contributed by atoms with E-state index >= 15 is 0 Å². The number of nitrogens with one attached hydrogen (secondary N) is 1. The Morgan fingerprint density at radius 3 is 2.95 bits per heavy atom. The van der Waals surface area contributed by atoms with Crippen LogP contribution in [0.25, 0.3) is 6.08 Å². The van der Waals surface area contributed by atoms with Crippen molar-refractivity contribution in [3.63, 3.8) is 0 Å². The molecule has 2 rings (SSSR count). The lowest BCUT2D eigenvalue weighted by atomic mass is 10.2. The fourth-order valence-corrected chi connectivity index (χ4v) is 2.21. The molecule has 1 heterocycles. The first-order valence-electron chi connectivity index (χ1n) is 6.14. The first-order valence-corrected chi connectivity index (χ1v) is 6.93. The Labute approximate surface area is 125 Å².